The van der Waals surface area contributed by atoms with Crippen LogP contribution in [-0.4, -0.2) is 20.4 Å². The number of ether oxygens (including phenoxy) is 1. The average Bonchev–Trinajstić information content (AvgIpc) is 2.30. The van der Waals surface area contributed by atoms with Gasteiger partial charge in [0.25, 0.3) is 10.0 Å². The van der Waals surface area contributed by atoms with Crippen molar-refractivity contribution in [2.24, 2.45) is 4.40 Å². The molecule has 0 N–H and O–H groups in total. The van der Waals surface area contributed by atoms with Gasteiger partial charge in [0, 0.05) is 6.42 Å². The van der Waals surface area contributed by atoms with Gasteiger partial charge in [0.05, 0.1) is 11.0 Å². The number of sulfonamides is 1. The first-order valence-corrected chi connectivity index (χ1v) is 7.78. The molecule has 0 bridgehead atoms. The Morgan fingerprint density at radius 2 is 1.95 bits per heavy atom. The molecule has 1 aromatic rings. The maximum absolute atomic E-state index is 12.3. The summed E-state index contributed by atoms with van der Waals surface area (Å²) in [6.07, 6.45) is 0.356. The zero-order valence-electron chi connectivity index (χ0n) is 12.1. The lowest BCUT2D eigenvalue weighted by Crippen LogP contribution is -2.13. The van der Waals surface area contributed by atoms with Crippen LogP contribution < -0.4 is 0 Å². The highest BCUT2D eigenvalue weighted by Crippen LogP contribution is 2.19. The van der Waals surface area contributed by atoms with E-state index in [1.807, 2.05) is 33.8 Å². The number of nitrogens with zero attached hydrogens (tertiary/aromatic N) is 1. The third-order valence-electron chi connectivity index (χ3n) is 2.52. The first kappa shape index (κ1) is 15.7. The highest BCUT2D eigenvalue weighted by Gasteiger charge is 2.17. The summed E-state index contributed by atoms with van der Waals surface area (Å²) < 4.78 is 33.8. The van der Waals surface area contributed by atoms with E-state index in [0.29, 0.717) is 12.0 Å². The predicted molar refractivity (Wildman–Crippen MR) is 77.0 cm³/mol. The topological polar surface area (TPSA) is 55.7 Å². The van der Waals surface area contributed by atoms with Crippen molar-refractivity contribution >= 4 is 15.9 Å². The molecular formula is C14H21NO3S. The summed E-state index contributed by atoms with van der Waals surface area (Å²) >= 11 is 0. The Bertz CT molecular complexity index is 574. The highest BCUT2D eigenvalue weighted by atomic mass is 32.2. The van der Waals surface area contributed by atoms with Gasteiger partial charge in [-0.1, -0.05) is 19.1 Å². The molecule has 0 radical (unpaired) electrons. The summed E-state index contributed by atoms with van der Waals surface area (Å²) in [5, 5.41) is 0. The largest absolute Gasteiger partial charge is 0.478 e. The molecule has 0 aliphatic heterocycles. The highest BCUT2D eigenvalue weighted by molar-refractivity contribution is 7.90. The molecule has 0 aromatic heterocycles. The predicted octanol–water partition coefficient (Wildman–Crippen LogP) is 3.23. The van der Waals surface area contributed by atoms with Crippen molar-refractivity contribution in [3.63, 3.8) is 0 Å². The van der Waals surface area contributed by atoms with Crippen LogP contribution in [0.15, 0.2) is 27.5 Å². The number of rotatable bonds is 4. The van der Waals surface area contributed by atoms with E-state index >= 15 is 0 Å². The molecule has 0 aliphatic rings. The van der Waals surface area contributed by atoms with Crippen molar-refractivity contribution in [2.45, 2.75) is 52.0 Å². The number of aryl methyl sites for hydroxylation is 2. The van der Waals surface area contributed by atoms with Gasteiger partial charge in [-0.15, -0.1) is 4.40 Å². The molecule has 0 aliphatic carbocycles. The lowest BCUT2D eigenvalue weighted by atomic mass is 10.2. The SMILES string of the molecule is CC/C(=N\S(=O)(=O)c1cc(C)ccc1C)OC(C)C. The van der Waals surface area contributed by atoms with E-state index in [9.17, 15) is 8.42 Å². The molecule has 0 heterocycles. The fraction of sp³-hybridized carbons (Fsp3) is 0.500. The Kier molecular flexibility index (Phi) is 5.11. The van der Waals surface area contributed by atoms with Crippen LogP contribution in [0.4, 0.5) is 0 Å². The second-order valence-electron chi connectivity index (χ2n) is 4.75. The van der Waals surface area contributed by atoms with Gasteiger partial charge in [-0.3, -0.25) is 0 Å². The maximum Gasteiger partial charge on any atom is 0.285 e. The van der Waals surface area contributed by atoms with Gasteiger partial charge in [0.15, 0.2) is 5.90 Å². The Hall–Kier alpha value is -1.36. The third kappa shape index (κ3) is 4.35. The second-order valence-corrected chi connectivity index (χ2v) is 6.32. The van der Waals surface area contributed by atoms with Crippen LogP contribution in [0.1, 0.15) is 38.3 Å². The van der Waals surface area contributed by atoms with Crippen LogP contribution in [0, 0.1) is 13.8 Å². The van der Waals surface area contributed by atoms with Crippen molar-refractivity contribution in [2.75, 3.05) is 0 Å². The summed E-state index contributed by atoms with van der Waals surface area (Å²) in [5.74, 6) is 0.246. The molecule has 4 nitrogen and oxygen atoms in total. The average molecular weight is 283 g/mol. The summed E-state index contributed by atoms with van der Waals surface area (Å²) in [6, 6.07) is 5.30. The molecule has 1 rings (SSSR count). The van der Waals surface area contributed by atoms with Gasteiger partial charge in [0.1, 0.15) is 0 Å². The molecule has 0 saturated heterocycles. The standard InChI is InChI=1S/C14H21NO3S/c1-6-14(18-10(2)3)15-19(16,17)13-9-11(4)7-8-12(13)5/h7-10H,6H2,1-5H3/b15-14+. The number of hydrogen-bond donors (Lipinski definition) is 0. The molecule has 0 fully saturated rings. The van der Waals surface area contributed by atoms with Crippen LogP contribution in [0.3, 0.4) is 0 Å². The Morgan fingerprint density at radius 3 is 2.47 bits per heavy atom. The normalized spacial score (nSPS) is 12.8. The first-order chi connectivity index (χ1) is 8.76. The van der Waals surface area contributed by atoms with E-state index < -0.39 is 10.0 Å². The van der Waals surface area contributed by atoms with Crippen LogP contribution >= 0.6 is 0 Å². The molecule has 19 heavy (non-hydrogen) atoms. The molecular weight excluding hydrogens is 262 g/mol. The van der Waals surface area contributed by atoms with E-state index in [2.05, 4.69) is 4.40 Å². The summed E-state index contributed by atoms with van der Waals surface area (Å²) in [4.78, 5) is 0.241. The van der Waals surface area contributed by atoms with E-state index in [4.69, 9.17) is 4.74 Å². The zero-order valence-corrected chi connectivity index (χ0v) is 12.9. The van der Waals surface area contributed by atoms with Gasteiger partial charge >= 0.3 is 0 Å². The van der Waals surface area contributed by atoms with Crippen molar-refractivity contribution in [3.05, 3.63) is 29.3 Å². The van der Waals surface area contributed by atoms with E-state index in [1.54, 1.807) is 19.1 Å². The van der Waals surface area contributed by atoms with E-state index in [-0.39, 0.29) is 16.9 Å². The number of benzene rings is 1. The van der Waals surface area contributed by atoms with Crippen molar-refractivity contribution in [1.29, 1.82) is 0 Å². The van der Waals surface area contributed by atoms with Crippen molar-refractivity contribution < 1.29 is 13.2 Å². The van der Waals surface area contributed by atoms with E-state index in [0.717, 1.165) is 5.56 Å². The minimum Gasteiger partial charge on any atom is -0.478 e. The molecule has 0 amide bonds. The van der Waals surface area contributed by atoms with Gasteiger partial charge in [-0.2, -0.15) is 8.42 Å². The van der Waals surface area contributed by atoms with Crippen LogP contribution in [0.2, 0.25) is 0 Å². The van der Waals surface area contributed by atoms with Gasteiger partial charge < -0.3 is 4.74 Å². The monoisotopic (exact) mass is 283 g/mol. The molecule has 1 aromatic carbocycles. The van der Waals surface area contributed by atoms with Crippen molar-refractivity contribution in [3.8, 4) is 0 Å². The Labute approximate surface area is 115 Å². The molecule has 0 unspecified atom stereocenters. The minimum atomic E-state index is -3.71. The lowest BCUT2D eigenvalue weighted by Gasteiger charge is -2.11. The zero-order chi connectivity index (χ0) is 14.6. The second kappa shape index (κ2) is 6.19. The summed E-state index contributed by atoms with van der Waals surface area (Å²) in [5.41, 5.74) is 1.58. The molecule has 0 atom stereocenters. The van der Waals surface area contributed by atoms with Crippen LogP contribution in [0.25, 0.3) is 0 Å². The maximum atomic E-state index is 12.3. The third-order valence-corrected chi connectivity index (χ3v) is 3.96. The summed E-state index contributed by atoms with van der Waals surface area (Å²) in [6.45, 7) is 9.12. The van der Waals surface area contributed by atoms with Gasteiger partial charge in [0.2, 0.25) is 0 Å². The van der Waals surface area contributed by atoms with Crippen LogP contribution in [-0.2, 0) is 14.8 Å². The fourth-order valence-corrected chi connectivity index (χ4v) is 2.96. The fourth-order valence-electron chi connectivity index (χ4n) is 1.61. The lowest BCUT2D eigenvalue weighted by molar-refractivity contribution is 0.223. The minimum absolute atomic E-state index is 0.0903. The van der Waals surface area contributed by atoms with E-state index in [1.165, 1.54) is 0 Å². The molecule has 106 valence electrons. The molecule has 0 saturated carbocycles. The quantitative estimate of drug-likeness (QED) is 0.629. The van der Waals surface area contributed by atoms with Crippen molar-refractivity contribution in [1.82, 2.24) is 0 Å². The van der Waals surface area contributed by atoms with Gasteiger partial charge in [-0.25, -0.2) is 0 Å². The Balaban J connectivity index is 3.23. The van der Waals surface area contributed by atoms with Crippen LogP contribution in [0.5, 0.6) is 0 Å². The molecule has 0 spiro atoms. The first-order valence-electron chi connectivity index (χ1n) is 6.34. The molecule has 5 heteroatoms. The number of hydrogen-bond acceptors (Lipinski definition) is 3. The smallest absolute Gasteiger partial charge is 0.285 e. The van der Waals surface area contributed by atoms with Gasteiger partial charge in [-0.05, 0) is 44.9 Å². The Morgan fingerprint density at radius 1 is 1.32 bits per heavy atom. The summed E-state index contributed by atoms with van der Waals surface area (Å²) in [7, 11) is -3.71.